The van der Waals surface area contributed by atoms with Crippen molar-refractivity contribution in [3.63, 3.8) is 0 Å². The minimum atomic E-state index is -4.60. The Morgan fingerprint density at radius 3 is 2.35 bits per heavy atom. The van der Waals surface area contributed by atoms with Gasteiger partial charge < -0.3 is 5.73 Å². The molecule has 0 aliphatic carbocycles. The van der Waals surface area contributed by atoms with E-state index in [0.29, 0.717) is 0 Å². The maximum atomic E-state index is 12.8. The average molecular weight is 311 g/mol. The first-order chi connectivity index (χ1) is 9.05. The monoisotopic (exact) mass is 311 g/mol. The predicted octanol–water partition coefficient (Wildman–Crippen LogP) is 1.82. The summed E-state index contributed by atoms with van der Waals surface area (Å²) in [6, 6.07) is 2.73. The van der Waals surface area contributed by atoms with Crippen molar-refractivity contribution in [2.24, 2.45) is 5.73 Å². The molecule has 0 saturated heterocycles. The van der Waals surface area contributed by atoms with E-state index in [1.54, 1.807) is 13.8 Å². The number of rotatable bonds is 5. The van der Waals surface area contributed by atoms with E-state index < -0.39 is 21.9 Å². The fourth-order valence-corrected chi connectivity index (χ4v) is 2.69. The first-order valence-electron chi connectivity index (χ1n) is 5.75. The van der Waals surface area contributed by atoms with Crippen molar-refractivity contribution >= 4 is 15.9 Å². The Bertz CT molecular complexity index is 571. The van der Waals surface area contributed by atoms with Crippen molar-refractivity contribution in [2.45, 2.75) is 32.6 Å². The molecule has 0 atom stereocenters. The Hall–Kier alpha value is -1.32. The molecule has 1 aromatic rings. The SMILES string of the molecule is CC(C)NS(=O)(=O)Nc1ccc(CN)c(C(F)(F)F)c1. The van der Waals surface area contributed by atoms with Crippen LogP contribution in [0.15, 0.2) is 18.2 Å². The second-order valence-electron chi connectivity index (χ2n) is 4.45. The van der Waals surface area contributed by atoms with Gasteiger partial charge in [0.25, 0.3) is 10.2 Å². The zero-order valence-corrected chi connectivity index (χ0v) is 11.8. The molecule has 0 heterocycles. The molecule has 114 valence electrons. The van der Waals surface area contributed by atoms with Gasteiger partial charge in [-0.3, -0.25) is 4.72 Å². The van der Waals surface area contributed by atoms with Crippen LogP contribution in [0.4, 0.5) is 18.9 Å². The summed E-state index contributed by atoms with van der Waals surface area (Å²) >= 11 is 0. The van der Waals surface area contributed by atoms with Gasteiger partial charge in [-0.15, -0.1) is 0 Å². The quantitative estimate of drug-likeness (QED) is 0.775. The summed E-state index contributed by atoms with van der Waals surface area (Å²) < 4.78 is 65.9. The van der Waals surface area contributed by atoms with Gasteiger partial charge in [0.05, 0.1) is 11.3 Å². The zero-order chi connectivity index (χ0) is 15.6. The van der Waals surface area contributed by atoms with Crippen LogP contribution in [-0.2, 0) is 22.9 Å². The van der Waals surface area contributed by atoms with E-state index in [9.17, 15) is 21.6 Å². The van der Waals surface area contributed by atoms with Crippen molar-refractivity contribution in [3.05, 3.63) is 29.3 Å². The van der Waals surface area contributed by atoms with Gasteiger partial charge in [-0.25, -0.2) is 0 Å². The molecule has 0 saturated carbocycles. The number of hydrogen-bond donors (Lipinski definition) is 3. The van der Waals surface area contributed by atoms with Gasteiger partial charge in [0.2, 0.25) is 0 Å². The van der Waals surface area contributed by atoms with Gasteiger partial charge in [0.1, 0.15) is 0 Å². The molecule has 20 heavy (non-hydrogen) atoms. The largest absolute Gasteiger partial charge is 0.416 e. The molecule has 1 rings (SSSR count). The van der Waals surface area contributed by atoms with Crippen molar-refractivity contribution < 1.29 is 21.6 Å². The summed E-state index contributed by atoms with van der Waals surface area (Å²) in [5, 5.41) is 0. The molecule has 4 N–H and O–H groups in total. The fraction of sp³-hybridized carbons (Fsp3) is 0.455. The van der Waals surface area contributed by atoms with E-state index in [4.69, 9.17) is 5.73 Å². The Labute approximate surface area is 115 Å². The number of halogens is 3. The van der Waals surface area contributed by atoms with Gasteiger partial charge >= 0.3 is 6.18 Å². The lowest BCUT2D eigenvalue weighted by molar-refractivity contribution is -0.138. The van der Waals surface area contributed by atoms with E-state index in [-0.39, 0.29) is 23.8 Å². The molecule has 0 fully saturated rings. The highest BCUT2D eigenvalue weighted by Crippen LogP contribution is 2.33. The molecule has 0 bridgehead atoms. The summed E-state index contributed by atoms with van der Waals surface area (Å²) in [5.74, 6) is 0. The fourth-order valence-electron chi connectivity index (χ4n) is 1.58. The molecular formula is C11H16F3N3O2S. The van der Waals surface area contributed by atoms with Crippen LogP contribution in [0, 0.1) is 0 Å². The van der Waals surface area contributed by atoms with E-state index >= 15 is 0 Å². The summed E-state index contributed by atoms with van der Waals surface area (Å²) in [6.45, 7) is 2.90. The highest BCUT2D eigenvalue weighted by atomic mass is 32.2. The van der Waals surface area contributed by atoms with Crippen LogP contribution in [0.2, 0.25) is 0 Å². The van der Waals surface area contributed by atoms with E-state index in [0.717, 1.165) is 12.1 Å². The second kappa shape index (κ2) is 5.98. The van der Waals surface area contributed by atoms with E-state index in [1.165, 1.54) is 6.07 Å². The zero-order valence-electron chi connectivity index (χ0n) is 11.0. The maximum absolute atomic E-state index is 12.8. The molecule has 1 aromatic carbocycles. The van der Waals surface area contributed by atoms with Crippen molar-refractivity contribution in [1.82, 2.24) is 4.72 Å². The van der Waals surface area contributed by atoms with Gasteiger partial charge in [-0.05, 0) is 31.5 Å². The number of anilines is 1. The molecule has 0 spiro atoms. The van der Waals surface area contributed by atoms with Gasteiger partial charge in [0.15, 0.2) is 0 Å². The lowest BCUT2D eigenvalue weighted by Crippen LogP contribution is -2.35. The second-order valence-corrected chi connectivity index (χ2v) is 5.90. The van der Waals surface area contributed by atoms with Crippen LogP contribution < -0.4 is 15.2 Å². The smallest absolute Gasteiger partial charge is 0.326 e. The Kier molecular flexibility index (Phi) is 5.00. The van der Waals surface area contributed by atoms with Crippen LogP contribution in [0.25, 0.3) is 0 Å². The van der Waals surface area contributed by atoms with Crippen LogP contribution in [0.5, 0.6) is 0 Å². The van der Waals surface area contributed by atoms with Crippen LogP contribution in [-0.4, -0.2) is 14.5 Å². The Morgan fingerprint density at radius 1 is 1.30 bits per heavy atom. The van der Waals surface area contributed by atoms with Crippen LogP contribution >= 0.6 is 0 Å². The van der Waals surface area contributed by atoms with Crippen molar-refractivity contribution in [1.29, 1.82) is 0 Å². The number of alkyl halides is 3. The van der Waals surface area contributed by atoms with Gasteiger partial charge in [-0.2, -0.15) is 26.3 Å². The molecule has 0 aliphatic heterocycles. The molecule has 0 aromatic heterocycles. The molecule has 9 heteroatoms. The van der Waals surface area contributed by atoms with Gasteiger partial charge in [-0.1, -0.05) is 6.07 Å². The van der Waals surface area contributed by atoms with Crippen LogP contribution in [0.1, 0.15) is 25.0 Å². The summed E-state index contributed by atoms with van der Waals surface area (Å²) in [5.41, 5.74) is 4.01. The minimum Gasteiger partial charge on any atom is -0.326 e. The molecule has 0 unspecified atom stereocenters. The molecule has 0 radical (unpaired) electrons. The number of nitrogens with one attached hydrogen (secondary N) is 2. The first-order valence-corrected chi connectivity index (χ1v) is 7.23. The topological polar surface area (TPSA) is 84.2 Å². The Balaban J connectivity index is 3.10. The lowest BCUT2D eigenvalue weighted by atomic mass is 10.1. The molecular weight excluding hydrogens is 295 g/mol. The first kappa shape index (κ1) is 16.7. The molecule has 0 aliphatic rings. The van der Waals surface area contributed by atoms with E-state index in [1.807, 2.05) is 4.72 Å². The number of nitrogens with two attached hydrogens (primary N) is 1. The third-order valence-corrected chi connectivity index (χ3v) is 3.56. The Morgan fingerprint density at radius 2 is 1.90 bits per heavy atom. The normalized spacial score (nSPS) is 12.8. The number of benzene rings is 1. The maximum Gasteiger partial charge on any atom is 0.416 e. The summed E-state index contributed by atoms with van der Waals surface area (Å²) in [4.78, 5) is 0. The molecule has 0 amide bonds. The highest BCUT2D eigenvalue weighted by Gasteiger charge is 2.33. The average Bonchev–Trinajstić information content (AvgIpc) is 2.25. The molecule has 5 nitrogen and oxygen atoms in total. The highest BCUT2D eigenvalue weighted by molar-refractivity contribution is 7.90. The summed E-state index contributed by atoms with van der Waals surface area (Å²) in [7, 11) is -3.91. The third kappa shape index (κ3) is 4.66. The summed E-state index contributed by atoms with van der Waals surface area (Å²) in [6.07, 6.45) is -4.60. The predicted molar refractivity (Wildman–Crippen MR) is 70.1 cm³/mol. The van der Waals surface area contributed by atoms with E-state index in [2.05, 4.69) is 4.72 Å². The number of hydrogen-bond acceptors (Lipinski definition) is 3. The third-order valence-electron chi connectivity index (χ3n) is 2.28. The van der Waals surface area contributed by atoms with Crippen molar-refractivity contribution in [3.8, 4) is 0 Å². The van der Waals surface area contributed by atoms with Crippen LogP contribution in [0.3, 0.4) is 0 Å². The standard InChI is InChI=1S/C11H16F3N3O2S/c1-7(2)16-20(18,19)17-9-4-3-8(6-15)10(5-9)11(12,13)14/h3-5,7,16-17H,6,15H2,1-2H3. The van der Waals surface area contributed by atoms with Crippen molar-refractivity contribution in [2.75, 3.05) is 4.72 Å². The lowest BCUT2D eigenvalue weighted by Gasteiger charge is -2.15. The minimum absolute atomic E-state index is 0.0998. The van der Waals surface area contributed by atoms with Gasteiger partial charge in [0, 0.05) is 12.6 Å².